The predicted octanol–water partition coefficient (Wildman–Crippen LogP) is 2.32. The first-order chi connectivity index (χ1) is 9.20. The lowest BCUT2D eigenvalue weighted by molar-refractivity contribution is -0.128. The molecule has 0 bridgehead atoms. The summed E-state index contributed by atoms with van der Waals surface area (Å²) in [7, 11) is 0. The van der Waals surface area contributed by atoms with Crippen LogP contribution in [-0.2, 0) is 9.59 Å². The number of nitrogens with one attached hydrogen (secondary N) is 2. The Morgan fingerprint density at radius 2 is 1.95 bits per heavy atom. The second-order valence-corrected chi connectivity index (χ2v) is 5.99. The molecule has 0 aliphatic rings. The van der Waals surface area contributed by atoms with Gasteiger partial charge in [-0.3, -0.25) is 9.59 Å². The monoisotopic (exact) mass is 280 g/mol. The summed E-state index contributed by atoms with van der Waals surface area (Å²) in [6, 6.07) is 3.54. The number of hydrogen-bond acceptors (Lipinski definition) is 3. The van der Waals surface area contributed by atoms with Gasteiger partial charge in [-0.2, -0.15) is 0 Å². The van der Waals surface area contributed by atoms with Crippen molar-refractivity contribution < 1.29 is 14.0 Å². The van der Waals surface area contributed by atoms with Crippen LogP contribution in [0, 0.1) is 12.3 Å². The van der Waals surface area contributed by atoms with E-state index < -0.39 is 5.41 Å². The third kappa shape index (κ3) is 5.07. The quantitative estimate of drug-likeness (QED) is 0.869. The Morgan fingerprint density at radius 1 is 1.30 bits per heavy atom. The normalized spacial score (nSPS) is 12.8. The Kier molecular flexibility index (Phi) is 5.36. The van der Waals surface area contributed by atoms with Crippen LogP contribution in [0.15, 0.2) is 16.5 Å². The van der Waals surface area contributed by atoms with Gasteiger partial charge in [0.15, 0.2) is 0 Å². The lowest BCUT2D eigenvalue weighted by Crippen LogP contribution is -2.37. The van der Waals surface area contributed by atoms with Gasteiger partial charge in [0.2, 0.25) is 11.8 Å². The Balaban J connectivity index is 2.32. The number of hydrogen-bond donors (Lipinski definition) is 2. The molecule has 1 rings (SSSR count). The first-order valence-corrected chi connectivity index (χ1v) is 6.84. The van der Waals surface area contributed by atoms with E-state index in [1.54, 1.807) is 0 Å². The zero-order valence-electron chi connectivity index (χ0n) is 12.9. The predicted molar refractivity (Wildman–Crippen MR) is 77.1 cm³/mol. The Bertz CT molecular complexity index is 472. The number of amides is 2. The average Bonchev–Trinajstić information content (AvgIpc) is 2.74. The van der Waals surface area contributed by atoms with Crippen molar-refractivity contribution in [3.05, 3.63) is 23.7 Å². The van der Waals surface area contributed by atoms with E-state index in [0.717, 1.165) is 11.5 Å². The van der Waals surface area contributed by atoms with Gasteiger partial charge in [0.25, 0.3) is 0 Å². The minimum absolute atomic E-state index is 0.0555. The molecule has 2 N–H and O–H groups in total. The fraction of sp³-hybridized carbons (Fsp3) is 0.600. The molecule has 1 heterocycles. The highest BCUT2D eigenvalue weighted by Crippen LogP contribution is 2.15. The van der Waals surface area contributed by atoms with Crippen molar-refractivity contribution in [2.45, 2.75) is 47.1 Å². The van der Waals surface area contributed by atoms with Gasteiger partial charge in [-0.25, -0.2) is 0 Å². The van der Waals surface area contributed by atoms with Crippen LogP contribution in [-0.4, -0.2) is 18.4 Å². The van der Waals surface area contributed by atoms with Crippen LogP contribution in [0.25, 0.3) is 0 Å². The van der Waals surface area contributed by atoms with Crippen LogP contribution >= 0.6 is 0 Å². The second-order valence-electron chi connectivity index (χ2n) is 5.99. The van der Waals surface area contributed by atoms with Crippen LogP contribution in [0.3, 0.4) is 0 Å². The van der Waals surface area contributed by atoms with Crippen molar-refractivity contribution in [3.63, 3.8) is 0 Å². The van der Waals surface area contributed by atoms with E-state index >= 15 is 0 Å². The standard InChI is InChI=1S/C15H24N2O3/c1-10-6-7-12(20-10)11(2)17-13(18)8-9-16-14(19)15(3,4)5/h6-7,11H,8-9H2,1-5H3,(H,16,19)(H,17,18). The van der Waals surface area contributed by atoms with Crippen LogP contribution in [0.1, 0.15) is 51.7 Å². The van der Waals surface area contributed by atoms with Crippen molar-refractivity contribution in [2.75, 3.05) is 6.54 Å². The first-order valence-electron chi connectivity index (χ1n) is 6.84. The molecule has 0 radical (unpaired) electrons. The Hall–Kier alpha value is -1.78. The average molecular weight is 280 g/mol. The van der Waals surface area contributed by atoms with Gasteiger partial charge in [-0.1, -0.05) is 20.8 Å². The Morgan fingerprint density at radius 3 is 2.45 bits per heavy atom. The van der Waals surface area contributed by atoms with Crippen molar-refractivity contribution in [1.29, 1.82) is 0 Å². The zero-order valence-corrected chi connectivity index (χ0v) is 12.9. The van der Waals surface area contributed by atoms with E-state index in [2.05, 4.69) is 10.6 Å². The summed E-state index contributed by atoms with van der Waals surface area (Å²) in [4.78, 5) is 23.4. The van der Waals surface area contributed by atoms with E-state index in [-0.39, 0.29) is 24.3 Å². The zero-order chi connectivity index (χ0) is 15.3. The molecule has 0 saturated heterocycles. The van der Waals surface area contributed by atoms with Gasteiger partial charge >= 0.3 is 0 Å². The minimum Gasteiger partial charge on any atom is -0.464 e. The fourth-order valence-electron chi connectivity index (χ4n) is 1.63. The topological polar surface area (TPSA) is 71.3 Å². The molecule has 1 unspecified atom stereocenters. The van der Waals surface area contributed by atoms with Gasteiger partial charge in [0.05, 0.1) is 6.04 Å². The smallest absolute Gasteiger partial charge is 0.225 e. The summed E-state index contributed by atoms with van der Waals surface area (Å²) in [6.45, 7) is 9.58. The maximum absolute atomic E-state index is 11.8. The van der Waals surface area contributed by atoms with Crippen LogP contribution in [0.2, 0.25) is 0 Å². The lowest BCUT2D eigenvalue weighted by atomic mass is 9.96. The summed E-state index contributed by atoms with van der Waals surface area (Å²) in [5, 5.41) is 5.59. The van der Waals surface area contributed by atoms with E-state index in [4.69, 9.17) is 4.42 Å². The molecular formula is C15H24N2O3. The largest absolute Gasteiger partial charge is 0.464 e. The third-order valence-electron chi connectivity index (χ3n) is 2.88. The number of carbonyl (C=O) groups excluding carboxylic acids is 2. The van der Waals surface area contributed by atoms with Gasteiger partial charge in [-0.05, 0) is 26.0 Å². The molecule has 2 amide bonds. The van der Waals surface area contributed by atoms with Gasteiger partial charge in [-0.15, -0.1) is 0 Å². The van der Waals surface area contributed by atoms with Crippen molar-refractivity contribution in [1.82, 2.24) is 10.6 Å². The third-order valence-corrected chi connectivity index (χ3v) is 2.88. The summed E-state index contributed by atoms with van der Waals surface area (Å²) < 4.78 is 5.45. The molecule has 0 aromatic carbocycles. The summed E-state index contributed by atoms with van der Waals surface area (Å²) in [5.74, 6) is 1.38. The molecule has 5 heteroatoms. The second kappa shape index (κ2) is 6.59. The maximum atomic E-state index is 11.8. The van der Waals surface area contributed by atoms with Gasteiger partial charge in [0.1, 0.15) is 11.5 Å². The SMILES string of the molecule is Cc1ccc(C(C)NC(=O)CCNC(=O)C(C)(C)C)o1. The maximum Gasteiger partial charge on any atom is 0.225 e. The highest BCUT2D eigenvalue weighted by Gasteiger charge is 2.20. The van der Waals surface area contributed by atoms with E-state index in [1.165, 1.54) is 0 Å². The highest BCUT2D eigenvalue weighted by molar-refractivity contribution is 5.82. The Labute approximate surface area is 120 Å². The van der Waals surface area contributed by atoms with Crippen LogP contribution in [0.4, 0.5) is 0 Å². The lowest BCUT2D eigenvalue weighted by Gasteiger charge is -2.17. The number of aryl methyl sites for hydroxylation is 1. The van der Waals surface area contributed by atoms with Crippen LogP contribution in [0.5, 0.6) is 0 Å². The van der Waals surface area contributed by atoms with Crippen LogP contribution < -0.4 is 10.6 Å². The molecule has 0 fully saturated rings. The fourth-order valence-corrected chi connectivity index (χ4v) is 1.63. The van der Waals surface area contributed by atoms with E-state index in [9.17, 15) is 9.59 Å². The highest BCUT2D eigenvalue weighted by atomic mass is 16.3. The van der Waals surface area contributed by atoms with Gasteiger partial charge < -0.3 is 15.1 Å². The summed E-state index contributed by atoms with van der Waals surface area (Å²) in [5.41, 5.74) is -0.435. The molecule has 1 aromatic rings. The molecule has 1 aromatic heterocycles. The van der Waals surface area contributed by atoms with E-state index in [1.807, 2.05) is 46.8 Å². The molecule has 0 aliphatic heterocycles. The van der Waals surface area contributed by atoms with Crippen molar-refractivity contribution >= 4 is 11.8 Å². The molecule has 0 saturated carbocycles. The first kappa shape index (κ1) is 16.3. The minimum atomic E-state index is -0.435. The molecular weight excluding hydrogens is 256 g/mol. The van der Waals surface area contributed by atoms with E-state index in [0.29, 0.717) is 6.54 Å². The molecule has 1 atom stereocenters. The van der Waals surface area contributed by atoms with Crippen molar-refractivity contribution in [2.24, 2.45) is 5.41 Å². The number of furan rings is 1. The van der Waals surface area contributed by atoms with Crippen molar-refractivity contribution in [3.8, 4) is 0 Å². The van der Waals surface area contributed by atoms with Gasteiger partial charge in [0, 0.05) is 18.4 Å². The molecule has 112 valence electrons. The molecule has 0 aliphatic carbocycles. The summed E-state index contributed by atoms with van der Waals surface area (Å²) >= 11 is 0. The molecule has 5 nitrogen and oxygen atoms in total. The molecule has 0 spiro atoms. The molecule has 20 heavy (non-hydrogen) atoms. The number of carbonyl (C=O) groups is 2. The number of rotatable bonds is 5. The summed E-state index contributed by atoms with van der Waals surface area (Å²) in [6.07, 6.45) is 0.256.